The average molecular weight is 228 g/mol. The Morgan fingerprint density at radius 2 is 1.71 bits per heavy atom. The van der Waals surface area contributed by atoms with Crippen molar-refractivity contribution >= 4 is 5.71 Å². The standard InChI is InChI=1S/C16H22N/c1-11-8-6-7-9-15(11)16-10-12(2)13(3)14(4)17(16)5/h6-10,13-14H,1-5H3/q+1. The van der Waals surface area contributed by atoms with Crippen molar-refractivity contribution in [1.29, 1.82) is 0 Å². The molecule has 90 valence electrons. The second kappa shape index (κ2) is 4.48. The van der Waals surface area contributed by atoms with Crippen LogP contribution in [-0.2, 0) is 0 Å². The lowest BCUT2D eigenvalue weighted by Crippen LogP contribution is -2.36. The van der Waals surface area contributed by atoms with Crippen LogP contribution in [0.15, 0.2) is 35.9 Å². The zero-order chi connectivity index (χ0) is 12.6. The van der Waals surface area contributed by atoms with Gasteiger partial charge in [-0.1, -0.05) is 30.7 Å². The van der Waals surface area contributed by atoms with E-state index in [9.17, 15) is 0 Å². The largest absolute Gasteiger partial charge is 0.229 e. The molecule has 2 atom stereocenters. The molecule has 0 N–H and O–H groups in total. The molecule has 2 unspecified atom stereocenters. The molecule has 1 heteroatoms. The molecule has 0 bridgehead atoms. The minimum Gasteiger partial charge on any atom is -0.229 e. The number of allylic oxidation sites excluding steroid dienone is 1. The Morgan fingerprint density at radius 1 is 1.06 bits per heavy atom. The van der Waals surface area contributed by atoms with Gasteiger partial charge in [-0.3, -0.25) is 0 Å². The molecule has 1 aromatic rings. The zero-order valence-corrected chi connectivity index (χ0v) is 11.5. The van der Waals surface area contributed by atoms with Gasteiger partial charge >= 0.3 is 0 Å². The average Bonchev–Trinajstić information content (AvgIpc) is 2.32. The smallest absolute Gasteiger partial charge is 0.207 e. The summed E-state index contributed by atoms with van der Waals surface area (Å²) >= 11 is 0. The maximum absolute atomic E-state index is 2.40. The third kappa shape index (κ3) is 2.06. The van der Waals surface area contributed by atoms with Crippen molar-refractivity contribution in [3.8, 4) is 0 Å². The maximum Gasteiger partial charge on any atom is 0.207 e. The van der Waals surface area contributed by atoms with Gasteiger partial charge < -0.3 is 0 Å². The van der Waals surface area contributed by atoms with Crippen molar-refractivity contribution in [3.05, 3.63) is 47.0 Å². The minimum absolute atomic E-state index is 0.564. The van der Waals surface area contributed by atoms with E-state index in [2.05, 4.69) is 69.7 Å². The van der Waals surface area contributed by atoms with Gasteiger partial charge in [0.15, 0.2) is 6.04 Å². The van der Waals surface area contributed by atoms with Crippen LogP contribution in [0.2, 0.25) is 0 Å². The lowest BCUT2D eigenvalue weighted by molar-refractivity contribution is -0.541. The molecule has 0 radical (unpaired) electrons. The molecule has 1 aliphatic rings. The molecule has 0 aliphatic carbocycles. The summed E-state index contributed by atoms with van der Waals surface area (Å²) < 4.78 is 2.40. The van der Waals surface area contributed by atoms with Crippen LogP contribution in [0.4, 0.5) is 0 Å². The van der Waals surface area contributed by atoms with E-state index >= 15 is 0 Å². The Bertz CT molecular complexity index is 494. The molecular formula is C16H22N+. The van der Waals surface area contributed by atoms with Crippen molar-refractivity contribution in [2.75, 3.05) is 7.05 Å². The molecule has 0 spiro atoms. The van der Waals surface area contributed by atoms with Crippen LogP contribution in [0, 0.1) is 12.8 Å². The van der Waals surface area contributed by atoms with Crippen LogP contribution >= 0.6 is 0 Å². The van der Waals surface area contributed by atoms with Crippen molar-refractivity contribution in [2.45, 2.75) is 33.7 Å². The van der Waals surface area contributed by atoms with Gasteiger partial charge in [-0.15, -0.1) is 0 Å². The van der Waals surface area contributed by atoms with Crippen molar-refractivity contribution in [1.82, 2.24) is 0 Å². The van der Waals surface area contributed by atoms with E-state index < -0.39 is 0 Å². The SMILES string of the molecule is CC1=CC(c2ccccc2C)=[N+](C)C(C)C1C. The van der Waals surface area contributed by atoms with Crippen molar-refractivity contribution in [2.24, 2.45) is 5.92 Å². The second-order valence-electron chi connectivity index (χ2n) is 5.23. The molecule has 0 amide bonds. The minimum atomic E-state index is 0.564. The van der Waals surface area contributed by atoms with Crippen LogP contribution in [0.25, 0.3) is 0 Å². The summed E-state index contributed by atoms with van der Waals surface area (Å²) in [6.45, 7) is 9.04. The highest BCUT2D eigenvalue weighted by atomic mass is 15.0. The van der Waals surface area contributed by atoms with E-state index in [0.29, 0.717) is 12.0 Å². The molecule has 0 saturated heterocycles. The Hall–Kier alpha value is -1.37. The van der Waals surface area contributed by atoms with Gasteiger partial charge in [-0.25, -0.2) is 4.58 Å². The lowest BCUT2D eigenvalue weighted by atomic mass is 9.88. The Balaban J connectivity index is 2.56. The number of rotatable bonds is 1. The van der Waals surface area contributed by atoms with Crippen LogP contribution in [0.1, 0.15) is 31.9 Å². The molecule has 1 aliphatic heterocycles. The third-order valence-electron chi connectivity index (χ3n) is 4.22. The molecule has 0 aromatic heterocycles. The Labute approximate surface area is 104 Å². The third-order valence-corrected chi connectivity index (χ3v) is 4.22. The lowest BCUT2D eigenvalue weighted by Gasteiger charge is -2.24. The van der Waals surface area contributed by atoms with Gasteiger partial charge in [-0.2, -0.15) is 0 Å². The summed E-state index contributed by atoms with van der Waals surface area (Å²) in [5.41, 5.74) is 5.54. The normalized spacial score (nSPS) is 24.9. The highest BCUT2D eigenvalue weighted by molar-refractivity contribution is 6.07. The maximum atomic E-state index is 2.40. The molecule has 17 heavy (non-hydrogen) atoms. The van der Waals surface area contributed by atoms with Gasteiger partial charge in [0.1, 0.15) is 7.05 Å². The summed E-state index contributed by atoms with van der Waals surface area (Å²) in [4.78, 5) is 0. The Kier molecular flexibility index (Phi) is 3.19. The fraction of sp³-hybridized carbons (Fsp3) is 0.438. The van der Waals surface area contributed by atoms with E-state index in [1.165, 1.54) is 22.4 Å². The van der Waals surface area contributed by atoms with Crippen molar-refractivity contribution < 1.29 is 4.58 Å². The Morgan fingerprint density at radius 3 is 2.35 bits per heavy atom. The quantitative estimate of drug-likeness (QED) is 0.648. The van der Waals surface area contributed by atoms with Crippen LogP contribution in [0.5, 0.6) is 0 Å². The molecule has 0 saturated carbocycles. The van der Waals surface area contributed by atoms with E-state index in [-0.39, 0.29) is 0 Å². The van der Waals surface area contributed by atoms with E-state index in [0.717, 1.165) is 0 Å². The summed E-state index contributed by atoms with van der Waals surface area (Å²) in [5.74, 6) is 0.632. The summed E-state index contributed by atoms with van der Waals surface area (Å²) in [6, 6.07) is 9.19. The molecule has 0 fully saturated rings. The predicted octanol–water partition coefficient (Wildman–Crippen LogP) is 3.41. The van der Waals surface area contributed by atoms with Crippen LogP contribution in [0.3, 0.4) is 0 Å². The highest BCUT2D eigenvalue weighted by Crippen LogP contribution is 2.23. The van der Waals surface area contributed by atoms with Gasteiger partial charge in [0.05, 0.1) is 0 Å². The first-order valence-corrected chi connectivity index (χ1v) is 6.36. The van der Waals surface area contributed by atoms with Crippen LogP contribution < -0.4 is 0 Å². The first kappa shape index (κ1) is 12.1. The molecule has 1 heterocycles. The number of nitrogens with zero attached hydrogens (tertiary/aromatic N) is 1. The zero-order valence-electron chi connectivity index (χ0n) is 11.5. The summed E-state index contributed by atoms with van der Waals surface area (Å²) in [5, 5.41) is 0. The van der Waals surface area contributed by atoms with E-state index in [1.54, 1.807) is 0 Å². The van der Waals surface area contributed by atoms with E-state index in [1.807, 2.05) is 0 Å². The molecular weight excluding hydrogens is 206 g/mol. The number of hydrogen-bond acceptors (Lipinski definition) is 0. The highest BCUT2D eigenvalue weighted by Gasteiger charge is 2.29. The monoisotopic (exact) mass is 228 g/mol. The van der Waals surface area contributed by atoms with E-state index in [4.69, 9.17) is 0 Å². The fourth-order valence-electron chi connectivity index (χ4n) is 2.51. The molecule has 1 nitrogen and oxygen atoms in total. The fourth-order valence-corrected chi connectivity index (χ4v) is 2.51. The van der Waals surface area contributed by atoms with Gasteiger partial charge in [0.2, 0.25) is 5.71 Å². The molecule has 1 aromatic carbocycles. The summed E-state index contributed by atoms with van der Waals surface area (Å²) in [6.07, 6.45) is 2.34. The van der Waals surface area contributed by atoms with Gasteiger partial charge in [-0.05, 0) is 32.4 Å². The first-order chi connectivity index (χ1) is 8.02. The van der Waals surface area contributed by atoms with Crippen LogP contribution in [-0.4, -0.2) is 23.4 Å². The summed E-state index contributed by atoms with van der Waals surface area (Å²) in [7, 11) is 2.20. The number of hydrogen-bond donors (Lipinski definition) is 0. The number of aryl methyl sites for hydroxylation is 1. The van der Waals surface area contributed by atoms with Gasteiger partial charge in [0.25, 0.3) is 0 Å². The number of benzene rings is 1. The van der Waals surface area contributed by atoms with Gasteiger partial charge in [0, 0.05) is 17.6 Å². The topological polar surface area (TPSA) is 3.01 Å². The predicted molar refractivity (Wildman–Crippen MR) is 73.9 cm³/mol. The molecule has 2 rings (SSSR count). The second-order valence-corrected chi connectivity index (χ2v) is 5.23. The first-order valence-electron chi connectivity index (χ1n) is 6.36. The van der Waals surface area contributed by atoms with Crippen molar-refractivity contribution in [3.63, 3.8) is 0 Å².